The zero-order valence-electron chi connectivity index (χ0n) is 11.0. The van der Waals surface area contributed by atoms with E-state index in [0.717, 1.165) is 13.0 Å². The van der Waals surface area contributed by atoms with Crippen molar-refractivity contribution in [2.45, 2.75) is 65.2 Å². The van der Waals surface area contributed by atoms with Crippen LogP contribution in [-0.2, 0) is 4.79 Å². The van der Waals surface area contributed by atoms with Crippen LogP contribution in [0.5, 0.6) is 0 Å². The van der Waals surface area contributed by atoms with Crippen LogP contribution in [0.1, 0.15) is 65.2 Å². The smallest absolute Gasteiger partial charge is 0.226 e. The average molecular weight is 225 g/mol. The van der Waals surface area contributed by atoms with Gasteiger partial charge in [0.15, 0.2) is 0 Å². The molecule has 2 nitrogen and oxygen atoms in total. The minimum absolute atomic E-state index is 0.214. The summed E-state index contributed by atoms with van der Waals surface area (Å²) in [5, 5.41) is 0. The van der Waals surface area contributed by atoms with Gasteiger partial charge in [0.25, 0.3) is 0 Å². The normalized spacial score (nSPS) is 10.1. The van der Waals surface area contributed by atoms with Gasteiger partial charge in [-0.3, -0.25) is 4.79 Å². The standard InChI is InChI=1S/C14H27NO/c1-4-7-8-9-10-11-12-13-14(16)15(5-2)6-3/h5H,2,4,6-13H2,1,3H3. The van der Waals surface area contributed by atoms with Gasteiger partial charge in [0, 0.05) is 13.0 Å². The lowest BCUT2D eigenvalue weighted by Crippen LogP contribution is -2.24. The average Bonchev–Trinajstić information content (AvgIpc) is 2.29. The molecule has 0 atom stereocenters. The molecule has 16 heavy (non-hydrogen) atoms. The van der Waals surface area contributed by atoms with Crippen LogP contribution >= 0.6 is 0 Å². The van der Waals surface area contributed by atoms with Crippen molar-refractivity contribution in [2.75, 3.05) is 6.54 Å². The minimum Gasteiger partial charge on any atom is -0.320 e. The van der Waals surface area contributed by atoms with Crippen LogP contribution in [0.15, 0.2) is 12.8 Å². The summed E-state index contributed by atoms with van der Waals surface area (Å²) in [7, 11) is 0. The Morgan fingerprint density at radius 3 is 2.12 bits per heavy atom. The van der Waals surface area contributed by atoms with Gasteiger partial charge in [0.05, 0.1) is 0 Å². The molecule has 0 aliphatic carbocycles. The lowest BCUT2D eigenvalue weighted by molar-refractivity contribution is -0.128. The minimum atomic E-state index is 0.214. The maximum absolute atomic E-state index is 11.6. The summed E-state index contributed by atoms with van der Waals surface area (Å²) in [5.41, 5.74) is 0. The third kappa shape index (κ3) is 7.49. The Balaban J connectivity index is 3.37. The molecule has 0 aliphatic rings. The van der Waals surface area contributed by atoms with Crippen LogP contribution in [0.4, 0.5) is 0 Å². The number of hydrogen-bond donors (Lipinski definition) is 0. The second kappa shape index (κ2) is 10.7. The van der Waals surface area contributed by atoms with Crippen molar-refractivity contribution >= 4 is 5.91 Å². The number of amides is 1. The molecule has 0 spiro atoms. The lowest BCUT2D eigenvalue weighted by atomic mass is 10.1. The number of carbonyl (C=O) groups is 1. The number of unbranched alkanes of at least 4 members (excludes halogenated alkanes) is 6. The van der Waals surface area contributed by atoms with E-state index in [0.29, 0.717) is 6.42 Å². The Labute approximate surface area is 101 Å². The van der Waals surface area contributed by atoms with Crippen molar-refractivity contribution in [2.24, 2.45) is 0 Å². The molecule has 0 unspecified atom stereocenters. The van der Waals surface area contributed by atoms with Gasteiger partial charge in [-0.15, -0.1) is 0 Å². The Hall–Kier alpha value is -0.790. The van der Waals surface area contributed by atoms with Gasteiger partial charge in [-0.05, 0) is 19.5 Å². The van der Waals surface area contributed by atoms with Crippen LogP contribution in [0, 0.1) is 0 Å². The SMILES string of the molecule is C=CN(CC)C(=O)CCCCCCCCC. The Kier molecular flexibility index (Phi) is 10.2. The first-order valence-corrected chi connectivity index (χ1v) is 6.68. The molecule has 0 saturated carbocycles. The van der Waals surface area contributed by atoms with Gasteiger partial charge in [0.1, 0.15) is 0 Å². The molecule has 0 aromatic carbocycles. The molecule has 0 aliphatic heterocycles. The number of carbonyl (C=O) groups excluding carboxylic acids is 1. The predicted molar refractivity (Wildman–Crippen MR) is 70.2 cm³/mol. The molecule has 0 heterocycles. The number of nitrogens with zero attached hydrogens (tertiary/aromatic N) is 1. The largest absolute Gasteiger partial charge is 0.320 e. The molecule has 0 aromatic heterocycles. The number of rotatable bonds is 10. The molecule has 0 aromatic rings. The van der Waals surface area contributed by atoms with Crippen LogP contribution in [0.2, 0.25) is 0 Å². The fourth-order valence-electron chi connectivity index (χ4n) is 1.78. The third-order valence-electron chi connectivity index (χ3n) is 2.88. The van der Waals surface area contributed by atoms with Crippen LogP contribution in [0.3, 0.4) is 0 Å². The van der Waals surface area contributed by atoms with E-state index in [-0.39, 0.29) is 5.91 Å². The van der Waals surface area contributed by atoms with E-state index in [2.05, 4.69) is 13.5 Å². The molecule has 0 rings (SSSR count). The van der Waals surface area contributed by atoms with E-state index in [4.69, 9.17) is 0 Å². The van der Waals surface area contributed by atoms with Crippen LogP contribution in [-0.4, -0.2) is 17.4 Å². The van der Waals surface area contributed by atoms with Gasteiger partial charge in [-0.1, -0.05) is 52.0 Å². The molecule has 0 N–H and O–H groups in total. The van der Waals surface area contributed by atoms with E-state index >= 15 is 0 Å². The second-order valence-corrected chi connectivity index (χ2v) is 4.23. The van der Waals surface area contributed by atoms with Crippen molar-refractivity contribution in [3.05, 3.63) is 12.8 Å². The van der Waals surface area contributed by atoms with Gasteiger partial charge < -0.3 is 4.90 Å². The van der Waals surface area contributed by atoms with E-state index in [9.17, 15) is 4.79 Å². The molecule has 94 valence electrons. The van der Waals surface area contributed by atoms with Gasteiger partial charge >= 0.3 is 0 Å². The van der Waals surface area contributed by atoms with Crippen molar-refractivity contribution in [1.82, 2.24) is 4.90 Å². The third-order valence-corrected chi connectivity index (χ3v) is 2.88. The summed E-state index contributed by atoms with van der Waals surface area (Å²) in [4.78, 5) is 13.3. The zero-order chi connectivity index (χ0) is 12.2. The Bertz CT molecular complexity index is 189. The summed E-state index contributed by atoms with van der Waals surface area (Å²) in [6.07, 6.45) is 11.1. The first-order chi connectivity index (χ1) is 7.76. The Morgan fingerprint density at radius 2 is 1.62 bits per heavy atom. The molecular weight excluding hydrogens is 198 g/mol. The lowest BCUT2D eigenvalue weighted by Gasteiger charge is -2.14. The van der Waals surface area contributed by atoms with E-state index < -0.39 is 0 Å². The summed E-state index contributed by atoms with van der Waals surface area (Å²) in [6.45, 7) is 8.58. The molecule has 0 fully saturated rings. The van der Waals surface area contributed by atoms with Gasteiger partial charge in [-0.2, -0.15) is 0 Å². The van der Waals surface area contributed by atoms with Crippen molar-refractivity contribution < 1.29 is 4.79 Å². The van der Waals surface area contributed by atoms with E-state index in [1.165, 1.54) is 38.5 Å². The second-order valence-electron chi connectivity index (χ2n) is 4.23. The topological polar surface area (TPSA) is 20.3 Å². The molecular formula is C14H27NO. The fourth-order valence-corrected chi connectivity index (χ4v) is 1.78. The highest BCUT2D eigenvalue weighted by atomic mass is 16.2. The monoisotopic (exact) mass is 225 g/mol. The summed E-state index contributed by atoms with van der Waals surface area (Å²) in [6, 6.07) is 0. The molecule has 0 bridgehead atoms. The summed E-state index contributed by atoms with van der Waals surface area (Å²) in [5.74, 6) is 0.214. The Morgan fingerprint density at radius 1 is 1.06 bits per heavy atom. The fraction of sp³-hybridized carbons (Fsp3) is 0.786. The first-order valence-electron chi connectivity index (χ1n) is 6.68. The van der Waals surface area contributed by atoms with E-state index in [1.54, 1.807) is 11.1 Å². The zero-order valence-corrected chi connectivity index (χ0v) is 11.0. The maximum Gasteiger partial charge on any atom is 0.226 e. The van der Waals surface area contributed by atoms with Crippen molar-refractivity contribution in [1.29, 1.82) is 0 Å². The van der Waals surface area contributed by atoms with Crippen LogP contribution in [0.25, 0.3) is 0 Å². The summed E-state index contributed by atoms with van der Waals surface area (Å²) >= 11 is 0. The number of hydrogen-bond acceptors (Lipinski definition) is 1. The molecule has 0 radical (unpaired) electrons. The van der Waals surface area contributed by atoms with Gasteiger partial charge in [-0.25, -0.2) is 0 Å². The summed E-state index contributed by atoms with van der Waals surface area (Å²) < 4.78 is 0. The first kappa shape index (κ1) is 15.2. The van der Waals surface area contributed by atoms with Gasteiger partial charge in [0.2, 0.25) is 5.91 Å². The maximum atomic E-state index is 11.6. The highest BCUT2D eigenvalue weighted by Gasteiger charge is 2.06. The van der Waals surface area contributed by atoms with E-state index in [1.807, 2.05) is 6.92 Å². The molecule has 2 heteroatoms. The molecule has 1 amide bonds. The quantitative estimate of drug-likeness (QED) is 0.512. The highest BCUT2D eigenvalue weighted by molar-refractivity contribution is 5.76. The predicted octanol–water partition coefficient (Wildman–Crippen LogP) is 4.12. The molecule has 0 saturated heterocycles. The van der Waals surface area contributed by atoms with Crippen LogP contribution < -0.4 is 0 Å². The highest BCUT2D eigenvalue weighted by Crippen LogP contribution is 2.09. The van der Waals surface area contributed by atoms with Crippen molar-refractivity contribution in [3.63, 3.8) is 0 Å². The van der Waals surface area contributed by atoms with Crippen molar-refractivity contribution in [3.8, 4) is 0 Å².